The molecule has 0 heterocycles. The van der Waals surface area contributed by atoms with Gasteiger partial charge in [-0.15, -0.1) is 0 Å². The van der Waals surface area contributed by atoms with Gasteiger partial charge in [-0.3, -0.25) is 0 Å². The van der Waals surface area contributed by atoms with Crippen LogP contribution in [0.1, 0.15) is 20.3 Å². The molecule has 3 heteroatoms. The lowest BCUT2D eigenvalue weighted by molar-refractivity contribution is -0.148. The highest BCUT2D eigenvalue weighted by Gasteiger charge is 1.99. The van der Waals surface area contributed by atoms with Gasteiger partial charge in [0.2, 0.25) is 0 Å². The fourth-order valence-electron chi connectivity index (χ4n) is 0.443. The molecule has 0 aliphatic carbocycles. The lowest BCUT2D eigenvalue weighted by atomic mass is 10.5. The summed E-state index contributed by atoms with van der Waals surface area (Å²) >= 11 is 0. The van der Waals surface area contributed by atoms with Crippen molar-refractivity contribution in [3.05, 3.63) is 0 Å². The topological polar surface area (TPSA) is 35.5 Å². The van der Waals surface area contributed by atoms with E-state index in [1.54, 1.807) is 0 Å². The number of carbonyl (C=O) groups is 1. The van der Waals surface area contributed by atoms with Crippen LogP contribution in [0.15, 0.2) is 0 Å². The van der Waals surface area contributed by atoms with E-state index in [-0.39, 0.29) is 12.6 Å². The van der Waals surface area contributed by atoms with Gasteiger partial charge >= 0.3 is 5.97 Å². The van der Waals surface area contributed by atoms with Crippen LogP contribution in [0, 0.1) is 0 Å². The molecule has 0 aliphatic rings. The third-order valence-corrected chi connectivity index (χ3v) is 0.891. The van der Waals surface area contributed by atoms with Gasteiger partial charge in [0.25, 0.3) is 0 Å². The van der Waals surface area contributed by atoms with Crippen LogP contribution in [0.4, 0.5) is 0 Å². The van der Waals surface area contributed by atoms with E-state index in [4.69, 9.17) is 9.47 Å². The molecule has 0 amide bonds. The van der Waals surface area contributed by atoms with Crippen LogP contribution in [-0.2, 0) is 14.3 Å². The number of hydrogen-bond donors (Lipinski definition) is 0. The van der Waals surface area contributed by atoms with Crippen LogP contribution in [0.3, 0.4) is 0 Å². The van der Waals surface area contributed by atoms with Crippen molar-refractivity contribution < 1.29 is 14.3 Å². The van der Waals surface area contributed by atoms with E-state index >= 15 is 0 Å². The molecule has 0 radical (unpaired) electrons. The second-order valence-corrected chi connectivity index (χ2v) is 1.86. The van der Waals surface area contributed by atoms with E-state index < -0.39 is 0 Å². The van der Waals surface area contributed by atoms with Gasteiger partial charge in [-0.05, 0) is 13.3 Å². The second kappa shape index (κ2) is 6.55. The van der Waals surface area contributed by atoms with Gasteiger partial charge in [0.15, 0.2) is 0 Å². The van der Waals surface area contributed by atoms with Crippen molar-refractivity contribution in [2.24, 2.45) is 0 Å². The first kappa shape index (κ1) is 9.43. The van der Waals surface area contributed by atoms with E-state index in [0.29, 0.717) is 13.2 Å². The molecule has 0 aromatic carbocycles. The molecule has 0 saturated carbocycles. The molecule has 0 rings (SSSR count). The average molecular weight is 146 g/mol. The number of ether oxygens (including phenoxy) is 2. The molecule has 0 saturated heterocycles. The Kier molecular flexibility index (Phi) is 6.18. The summed E-state index contributed by atoms with van der Waals surface area (Å²) in [5.74, 6) is -0.274. The van der Waals surface area contributed by atoms with Crippen LogP contribution < -0.4 is 0 Å². The normalized spacial score (nSPS) is 9.40. The van der Waals surface area contributed by atoms with Crippen LogP contribution in [0.25, 0.3) is 0 Å². The van der Waals surface area contributed by atoms with Gasteiger partial charge in [-0.2, -0.15) is 0 Å². The summed E-state index contributed by atoms with van der Waals surface area (Å²) in [6.45, 7) is 4.92. The molecule has 0 spiro atoms. The Labute approximate surface area is 61.3 Å². The van der Waals surface area contributed by atoms with E-state index in [1.807, 2.05) is 13.8 Å². The summed E-state index contributed by atoms with van der Waals surface area (Å²) in [5.41, 5.74) is 0. The molecule has 60 valence electrons. The molecule has 0 atom stereocenters. The van der Waals surface area contributed by atoms with Gasteiger partial charge in [-0.1, -0.05) is 6.92 Å². The Bertz CT molecular complexity index is 80.9. The predicted octanol–water partition coefficient (Wildman–Crippen LogP) is 0.976. The third-order valence-electron chi connectivity index (χ3n) is 0.891. The number of rotatable bonds is 5. The van der Waals surface area contributed by atoms with Gasteiger partial charge in [-0.25, -0.2) is 4.79 Å². The Morgan fingerprint density at radius 3 is 2.60 bits per heavy atom. The van der Waals surface area contributed by atoms with Gasteiger partial charge in [0.05, 0.1) is 6.61 Å². The maximum absolute atomic E-state index is 10.6. The van der Waals surface area contributed by atoms with Crippen molar-refractivity contribution >= 4 is 5.97 Å². The Morgan fingerprint density at radius 2 is 2.10 bits per heavy atom. The summed E-state index contributed by atoms with van der Waals surface area (Å²) < 4.78 is 9.55. The average Bonchev–Trinajstić information content (AvgIpc) is 1.97. The molecule has 10 heavy (non-hydrogen) atoms. The summed E-state index contributed by atoms with van der Waals surface area (Å²) in [6, 6.07) is 0. The molecule has 0 bridgehead atoms. The van der Waals surface area contributed by atoms with Crippen LogP contribution in [-0.4, -0.2) is 25.8 Å². The second-order valence-electron chi connectivity index (χ2n) is 1.86. The standard InChI is InChI=1S/C7H14O3/c1-3-5-10-7(8)6-9-4-2/h3-6H2,1-2H3. The van der Waals surface area contributed by atoms with Crippen molar-refractivity contribution in [1.82, 2.24) is 0 Å². The Hall–Kier alpha value is -0.570. The van der Waals surface area contributed by atoms with Crippen LogP contribution in [0.2, 0.25) is 0 Å². The highest BCUT2D eigenvalue weighted by atomic mass is 16.6. The first-order valence-corrected chi connectivity index (χ1v) is 3.54. The molecule has 3 nitrogen and oxygen atoms in total. The summed E-state index contributed by atoms with van der Waals surface area (Å²) in [4.78, 5) is 10.6. The fourth-order valence-corrected chi connectivity index (χ4v) is 0.443. The zero-order valence-electron chi connectivity index (χ0n) is 6.55. The van der Waals surface area contributed by atoms with Gasteiger partial charge in [0.1, 0.15) is 6.61 Å². The molecular formula is C7H14O3. The third kappa shape index (κ3) is 5.56. The van der Waals surface area contributed by atoms with E-state index in [9.17, 15) is 4.79 Å². The zero-order chi connectivity index (χ0) is 7.82. The van der Waals surface area contributed by atoms with Crippen LogP contribution >= 0.6 is 0 Å². The lowest BCUT2D eigenvalue weighted by Crippen LogP contribution is -2.12. The Balaban J connectivity index is 3.09. The van der Waals surface area contributed by atoms with Crippen LogP contribution in [0.5, 0.6) is 0 Å². The summed E-state index contributed by atoms with van der Waals surface area (Å²) in [5, 5.41) is 0. The summed E-state index contributed by atoms with van der Waals surface area (Å²) in [7, 11) is 0. The quantitative estimate of drug-likeness (QED) is 0.542. The van der Waals surface area contributed by atoms with Crippen molar-refractivity contribution in [3.8, 4) is 0 Å². The lowest BCUT2D eigenvalue weighted by Gasteiger charge is -2.01. The number of hydrogen-bond acceptors (Lipinski definition) is 3. The minimum Gasteiger partial charge on any atom is -0.464 e. The maximum atomic E-state index is 10.6. The van der Waals surface area contributed by atoms with Gasteiger partial charge < -0.3 is 9.47 Å². The smallest absolute Gasteiger partial charge is 0.332 e. The molecular weight excluding hydrogens is 132 g/mol. The van der Waals surface area contributed by atoms with Crippen molar-refractivity contribution in [1.29, 1.82) is 0 Å². The first-order chi connectivity index (χ1) is 4.81. The maximum Gasteiger partial charge on any atom is 0.332 e. The first-order valence-electron chi connectivity index (χ1n) is 3.54. The Morgan fingerprint density at radius 1 is 1.40 bits per heavy atom. The number of carbonyl (C=O) groups excluding carboxylic acids is 1. The molecule has 0 aromatic heterocycles. The van der Waals surface area contributed by atoms with Crippen molar-refractivity contribution in [3.63, 3.8) is 0 Å². The van der Waals surface area contributed by atoms with E-state index in [0.717, 1.165) is 6.42 Å². The number of esters is 1. The highest BCUT2D eigenvalue weighted by molar-refractivity contribution is 5.70. The molecule has 0 unspecified atom stereocenters. The predicted molar refractivity (Wildman–Crippen MR) is 37.7 cm³/mol. The molecule has 0 N–H and O–H groups in total. The SMILES string of the molecule is CCCOC(=O)COCC. The largest absolute Gasteiger partial charge is 0.464 e. The van der Waals surface area contributed by atoms with Gasteiger partial charge in [0, 0.05) is 6.61 Å². The minimum atomic E-state index is -0.274. The molecule has 0 aliphatic heterocycles. The molecule has 0 fully saturated rings. The summed E-state index contributed by atoms with van der Waals surface area (Å²) in [6.07, 6.45) is 0.859. The van der Waals surface area contributed by atoms with Crippen molar-refractivity contribution in [2.45, 2.75) is 20.3 Å². The van der Waals surface area contributed by atoms with E-state index in [1.165, 1.54) is 0 Å². The molecule has 0 aromatic rings. The highest BCUT2D eigenvalue weighted by Crippen LogP contribution is 1.83. The van der Waals surface area contributed by atoms with Crippen molar-refractivity contribution in [2.75, 3.05) is 19.8 Å². The van der Waals surface area contributed by atoms with E-state index in [2.05, 4.69) is 0 Å². The monoisotopic (exact) mass is 146 g/mol. The zero-order valence-corrected chi connectivity index (χ0v) is 6.55. The fraction of sp³-hybridized carbons (Fsp3) is 0.857. The minimum absolute atomic E-state index is 0.0799.